The first-order chi connectivity index (χ1) is 10.2. The minimum Gasteiger partial charge on any atom is -0.481 e. The lowest BCUT2D eigenvalue weighted by Crippen LogP contribution is -2.06. The van der Waals surface area contributed by atoms with Crippen molar-refractivity contribution in [3.8, 4) is 0 Å². The van der Waals surface area contributed by atoms with E-state index in [0.29, 0.717) is 6.42 Å². The van der Waals surface area contributed by atoms with Crippen LogP contribution >= 0.6 is 0 Å². The fourth-order valence-electron chi connectivity index (χ4n) is 2.49. The third-order valence-electron chi connectivity index (χ3n) is 3.81. The molecule has 0 heterocycles. The molecule has 4 heteroatoms. The molecule has 0 radical (unpaired) electrons. The van der Waals surface area contributed by atoms with E-state index in [1.165, 1.54) is 12.8 Å². The number of methoxy groups -OCH3 is 1. The standard InChI is InChI=1S/C17H34O4/c1-21-15-11-7-6-9-13-16(18)12-8-4-2-3-5-10-14-17(19)20/h16,18H,2-15H2,1H3,(H,19,20). The molecule has 0 amide bonds. The molecule has 0 fully saturated rings. The monoisotopic (exact) mass is 302 g/mol. The fraction of sp³-hybridized carbons (Fsp3) is 0.941. The Balaban J connectivity index is 3.15. The van der Waals surface area contributed by atoms with Crippen LogP contribution in [0.2, 0.25) is 0 Å². The van der Waals surface area contributed by atoms with E-state index in [4.69, 9.17) is 9.84 Å². The van der Waals surface area contributed by atoms with Gasteiger partial charge in [-0.05, 0) is 25.7 Å². The van der Waals surface area contributed by atoms with Crippen LogP contribution < -0.4 is 0 Å². The highest BCUT2D eigenvalue weighted by Gasteiger charge is 2.03. The van der Waals surface area contributed by atoms with Crippen molar-refractivity contribution in [1.29, 1.82) is 0 Å². The van der Waals surface area contributed by atoms with E-state index in [9.17, 15) is 9.90 Å². The molecule has 21 heavy (non-hydrogen) atoms. The zero-order valence-corrected chi connectivity index (χ0v) is 13.7. The summed E-state index contributed by atoms with van der Waals surface area (Å²) in [6.07, 6.45) is 12.9. The van der Waals surface area contributed by atoms with Gasteiger partial charge in [0, 0.05) is 20.1 Å². The van der Waals surface area contributed by atoms with Gasteiger partial charge in [-0.3, -0.25) is 4.79 Å². The van der Waals surface area contributed by atoms with Crippen molar-refractivity contribution in [2.45, 2.75) is 89.6 Å². The first-order valence-electron chi connectivity index (χ1n) is 8.55. The van der Waals surface area contributed by atoms with E-state index in [2.05, 4.69) is 0 Å². The predicted molar refractivity (Wildman–Crippen MR) is 85.5 cm³/mol. The van der Waals surface area contributed by atoms with Gasteiger partial charge in [0.05, 0.1) is 6.10 Å². The van der Waals surface area contributed by atoms with Crippen LogP contribution in [0.15, 0.2) is 0 Å². The largest absolute Gasteiger partial charge is 0.481 e. The highest BCUT2D eigenvalue weighted by atomic mass is 16.5. The van der Waals surface area contributed by atoms with E-state index in [1.54, 1.807) is 7.11 Å². The number of aliphatic carboxylic acids is 1. The Kier molecular flexibility index (Phi) is 15.3. The zero-order valence-electron chi connectivity index (χ0n) is 13.7. The maximum Gasteiger partial charge on any atom is 0.303 e. The van der Waals surface area contributed by atoms with Crippen LogP contribution in [-0.2, 0) is 9.53 Å². The van der Waals surface area contributed by atoms with Crippen LogP contribution in [0.4, 0.5) is 0 Å². The second kappa shape index (κ2) is 15.8. The summed E-state index contributed by atoms with van der Waals surface area (Å²) in [5, 5.41) is 18.4. The number of carboxylic acid groups (broad SMARTS) is 1. The molecule has 0 aromatic heterocycles. The van der Waals surface area contributed by atoms with Crippen LogP contribution in [0.25, 0.3) is 0 Å². The molecular weight excluding hydrogens is 268 g/mol. The van der Waals surface area contributed by atoms with Gasteiger partial charge >= 0.3 is 5.97 Å². The van der Waals surface area contributed by atoms with Gasteiger partial charge in [0.25, 0.3) is 0 Å². The minimum atomic E-state index is -0.694. The summed E-state index contributed by atoms with van der Waals surface area (Å²) in [7, 11) is 1.73. The fourth-order valence-corrected chi connectivity index (χ4v) is 2.49. The highest BCUT2D eigenvalue weighted by Crippen LogP contribution is 2.13. The number of unbranched alkanes of at least 4 members (excludes halogenated alkanes) is 8. The Labute approximate surface area is 129 Å². The number of hydrogen-bond acceptors (Lipinski definition) is 3. The van der Waals surface area contributed by atoms with Crippen molar-refractivity contribution < 1.29 is 19.7 Å². The molecule has 2 N–H and O–H groups in total. The zero-order chi connectivity index (χ0) is 15.8. The first kappa shape index (κ1) is 20.4. The van der Waals surface area contributed by atoms with Gasteiger partial charge in [0.15, 0.2) is 0 Å². The lowest BCUT2D eigenvalue weighted by atomic mass is 10.0. The van der Waals surface area contributed by atoms with Crippen LogP contribution in [0.3, 0.4) is 0 Å². The van der Waals surface area contributed by atoms with Gasteiger partial charge in [-0.1, -0.05) is 51.4 Å². The molecule has 4 nitrogen and oxygen atoms in total. The van der Waals surface area contributed by atoms with Crippen molar-refractivity contribution in [3.05, 3.63) is 0 Å². The first-order valence-corrected chi connectivity index (χ1v) is 8.55. The second-order valence-corrected chi connectivity index (χ2v) is 5.90. The van der Waals surface area contributed by atoms with Crippen molar-refractivity contribution >= 4 is 5.97 Å². The number of hydrogen-bond donors (Lipinski definition) is 2. The molecule has 1 atom stereocenters. The van der Waals surface area contributed by atoms with Gasteiger partial charge in [0.2, 0.25) is 0 Å². The third kappa shape index (κ3) is 17.3. The van der Waals surface area contributed by atoms with Crippen molar-refractivity contribution in [2.75, 3.05) is 13.7 Å². The summed E-state index contributed by atoms with van der Waals surface area (Å²) in [6.45, 7) is 0.842. The highest BCUT2D eigenvalue weighted by molar-refractivity contribution is 5.66. The number of carbonyl (C=O) groups is 1. The summed E-state index contributed by atoms with van der Waals surface area (Å²) >= 11 is 0. The summed E-state index contributed by atoms with van der Waals surface area (Å²) in [5.41, 5.74) is 0. The minimum absolute atomic E-state index is 0.139. The van der Waals surface area contributed by atoms with Crippen LogP contribution in [0.5, 0.6) is 0 Å². The van der Waals surface area contributed by atoms with Crippen LogP contribution in [-0.4, -0.2) is 36.0 Å². The molecule has 1 unspecified atom stereocenters. The van der Waals surface area contributed by atoms with Crippen molar-refractivity contribution in [1.82, 2.24) is 0 Å². The number of carboxylic acids is 1. The van der Waals surface area contributed by atoms with E-state index >= 15 is 0 Å². The lowest BCUT2D eigenvalue weighted by Gasteiger charge is -2.10. The van der Waals surface area contributed by atoms with E-state index < -0.39 is 5.97 Å². The van der Waals surface area contributed by atoms with E-state index in [0.717, 1.165) is 70.8 Å². The second-order valence-electron chi connectivity index (χ2n) is 5.90. The van der Waals surface area contributed by atoms with Gasteiger partial charge < -0.3 is 14.9 Å². The molecule has 0 rings (SSSR count). The van der Waals surface area contributed by atoms with Gasteiger partial charge in [0.1, 0.15) is 0 Å². The molecule has 0 saturated carbocycles. The molecule has 0 spiro atoms. The molecule has 0 aromatic carbocycles. The van der Waals surface area contributed by atoms with E-state index in [-0.39, 0.29) is 6.10 Å². The number of aliphatic hydroxyl groups is 1. The average molecular weight is 302 g/mol. The Morgan fingerprint density at radius 2 is 1.33 bits per heavy atom. The SMILES string of the molecule is COCCCCCCC(O)CCCCCCCCC(=O)O. The molecule has 0 aliphatic heterocycles. The molecule has 0 saturated heterocycles. The number of aliphatic hydroxyl groups excluding tert-OH is 1. The van der Waals surface area contributed by atoms with E-state index in [1.807, 2.05) is 0 Å². The number of rotatable bonds is 16. The normalized spacial score (nSPS) is 12.5. The third-order valence-corrected chi connectivity index (χ3v) is 3.81. The maximum absolute atomic E-state index is 10.3. The molecule has 0 bridgehead atoms. The molecule has 0 aromatic rings. The molecule has 0 aliphatic rings. The Hall–Kier alpha value is -0.610. The van der Waals surface area contributed by atoms with Crippen molar-refractivity contribution in [2.24, 2.45) is 0 Å². The summed E-state index contributed by atoms with van der Waals surface area (Å²) < 4.78 is 5.00. The Morgan fingerprint density at radius 1 is 0.857 bits per heavy atom. The average Bonchev–Trinajstić information content (AvgIpc) is 2.45. The van der Waals surface area contributed by atoms with Gasteiger partial charge in [-0.2, -0.15) is 0 Å². The molecule has 0 aliphatic carbocycles. The van der Waals surface area contributed by atoms with Crippen LogP contribution in [0.1, 0.15) is 83.5 Å². The maximum atomic E-state index is 10.3. The Morgan fingerprint density at radius 3 is 1.86 bits per heavy atom. The van der Waals surface area contributed by atoms with Crippen LogP contribution in [0, 0.1) is 0 Å². The Bertz CT molecular complexity index is 231. The summed E-state index contributed by atoms with van der Waals surface area (Å²) in [6, 6.07) is 0. The van der Waals surface area contributed by atoms with Gasteiger partial charge in [-0.15, -0.1) is 0 Å². The number of ether oxygens (including phenoxy) is 1. The predicted octanol–water partition coefficient (Wildman–Crippen LogP) is 4.15. The molecule has 126 valence electrons. The van der Waals surface area contributed by atoms with Crippen molar-refractivity contribution in [3.63, 3.8) is 0 Å². The quantitative estimate of drug-likeness (QED) is 0.420. The summed E-state index contributed by atoms with van der Waals surface area (Å²) in [5.74, 6) is -0.694. The van der Waals surface area contributed by atoms with Gasteiger partial charge in [-0.25, -0.2) is 0 Å². The molecular formula is C17H34O4. The summed E-state index contributed by atoms with van der Waals surface area (Å²) in [4.78, 5) is 10.3. The smallest absolute Gasteiger partial charge is 0.303 e. The lowest BCUT2D eigenvalue weighted by molar-refractivity contribution is -0.137. The topological polar surface area (TPSA) is 66.8 Å².